The smallest absolute Gasteiger partial charge is 0.438 e. The largest absolute Gasteiger partial charge is 0.465 e. The van der Waals surface area contributed by atoms with Crippen LogP contribution < -0.4 is 5.76 Å². The SMILES string of the molecule is CC(C)(C)N(C(=O)O)[C@H]1CCC[C@H]1c1noc(=O)[nH]1. The van der Waals surface area contributed by atoms with Crippen LogP contribution in [-0.2, 0) is 0 Å². The van der Waals surface area contributed by atoms with E-state index in [-0.39, 0.29) is 12.0 Å². The third-order valence-electron chi connectivity index (χ3n) is 3.55. The van der Waals surface area contributed by atoms with E-state index in [0.717, 1.165) is 19.3 Å². The normalized spacial score (nSPS) is 23.5. The third-order valence-corrected chi connectivity index (χ3v) is 3.55. The van der Waals surface area contributed by atoms with Gasteiger partial charge in [-0.3, -0.25) is 14.4 Å². The van der Waals surface area contributed by atoms with Gasteiger partial charge in [0.15, 0.2) is 5.82 Å². The zero-order valence-corrected chi connectivity index (χ0v) is 11.3. The molecule has 0 aliphatic heterocycles. The average Bonchev–Trinajstić information content (AvgIpc) is 2.84. The molecule has 1 amide bonds. The lowest BCUT2D eigenvalue weighted by atomic mass is 9.96. The Hall–Kier alpha value is -1.79. The van der Waals surface area contributed by atoms with E-state index in [2.05, 4.69) is 14.7 Å². The van der Waals surface area contributed by atoms with Gasteiger partial charge >= 0.3 is 11.8 Å². The molecular formula is C12H19N3O4. The van der Waals surface area contributed by atoms with E-state index < -0.39 is 17.4 Å². The maximum absolute atomic E-state index is 11.5. The topological polar surface area (TPSA) is 99.4 Å². The summed E-state index contributed by atoms with van der Waals surface area (Å²) >= 11 is 0. The molecule has 0 bridgehead atoms. The van der Waals surface area contributed by atoms with E-state index in [1.54, 1.807) is 0 Å². The zero-order chi connectivity index (χ0) is 14.2. The van der Waals surface area contributed by atoms with E-state index in [0.29, 0.717) is 5.82 Å². The summed E-state index contributed by atoms with van der Waals surface area (Å²) in [6.07, 6.45) is 1.52. The van der Waals surface area contributed by atoms with E-state index in [1.807, 2.05) is 20.8 Å². The van der Waals surface area contributed by atoms with Gasteiger partial charge in [0.1, 0.15) is 0 Å². The lowest BCUT2D eigenvalue weighted by molar-refractivity contribution is 0.0655. The number of H-pyrrole nitrogens is 1. The molecular weight excluding hydrogens is 250 g/mol. The second kappa shape index (κ2) is 4.71. The number of carbonyl (C=O) groups is 1. The van der Waals surface area contributed by atoms with Gasteiger partial charge in [0, 0.05) is 17.5 Å². The molecule has 7 nitrogen and oxygen atoms in total. The maximum atomic E-state index is 11.5. The number of carboxylic acid groups (broad SMARTS) is 1. The van der Waals surface area contributed by atoms with Gasteiger partial charge in [-0.15, -0.1) is 0 Å². The second-order valence-electron chi connectivity index (χ2n) is 5.91. The molecule has 7 heteroatoms. The van der Waals surface area contributed by atoms with E-state index in [4.69, 9.17) is 0 Å². The number of hydrogen-bond acceptors (Lipinski definition) is 4. The number of rotatable bonds is 2. The Kier molecular flexibility index (Phi) is 3.38. The molecule has 0 radical (unpaired) electrons. The summed E-state index contributed by atoms with van der Waals surface area (Å²) in [5, 5.41) is 13.2. The minimum atomic E-state index is -0.949. The van der Waals surface area contributed by atoms with Crippen molar-refractivity contribution < 1.29 is 14.4 Å². The van der Waals surface area contributed by atoms with Crippen molar-refractivity contribution in [2.45, 2.75) is 57.5 Å². The predicted octanol–water partition coefficient (Wildman–Crippen LogP) is 1.78. The molecule has 1 saturated carbocycles. The van der Waals surface area contributed by atoms with Crippen LogP contribution in [0.15, 0.2) is 9.32 Å². The van der Waals surface area contributed by atoms with Crippen molar-refractivity contribution in [1.29, 1.82) is 0 Å². The van der Waals surface area contributed by atoms with E-state index in [9.17, 15) is 14.7 Å². The first-order valence-electron chi connectivity index (χ1n) is 6.39. The molecule has 1 aromatic heterocycles. The van der Waals surface area contributed by atoms with Crippen LogP contribution in [0.1, 0.15) is 51.8 Å². The number of amides is 1. The molecule has 2 N–H and O–H groups in total. The molecule has 0 unspecified atom stereocenters. The lowest BCUT2D eigenvalue weighted by Gasteiger charge is -2.40. The standard InChI is InChI=1S/C12H19N3O4/c1-12(2,3)15(11(17)18)8-6-4-5-7(8)9-13-10(16)19-14-9/h7-8H,4-6H2,1-3H3,(H,17,18)(H,13,14,16)/t7-,8+/m1/s1. The van der Waals surface area contributed by atoms with Crippen LogP contribution >= 0.6 is 0 Å². The maximum Gasteiger partial charge on any atom is 0.438 e. The van der Waals surface area contributed by atoms with Gasteiger partial charge in [-0.2, -0.15) is 0 Å². The fourth-order valence-corrected chi connectivity index (χ4v) is 2.90. The van der Waals surface area contributed by atoms with Gasteiger partial charge < -0.3 is 5.11 Å². The van der Waals surface area contributed by atoms with Crippen LogP contribution in [-0.4, -0.2) is 37.8 Å². The Morgan fingerprint density at radius 2 is 2.16 bits per heavy atom. The Labute approximate surface area is 110 Å². The van der Waals surface area contributed by atoms with Gasteiger partial charge in [-0.25, -0.2) is 9.59 Å². The Balaban J connectivity index is 2.31. The molecule has 0 spiro atoms. The van der Waals surface area contributed by atoms with Crippen molar-refractivity contribution in [2.24, 2.45) is 0 Å². The fraction of sp³-hybridized carbons (Fsp3) is 0.750. The van der Waals surface area contributed by atoms with Crippen LogP contribution in [0.4, 0.5) is 4.79 Å². The molecule has 0 saturated heterocycles. The average molecular weight is 269 g/mol. The Morgan fingerprint density at radius 1 is 1.47 bits per heavy atom. The fourth-order valence-electron chi connectivity index (χ4n) is 2.90. The Bertz CT molecular complexity index is 514. The summed E-state index contributed by atoms with van der Waals surface area (Å²) in [4.78, 5) is 26.6. The molecule has 0 aromatic carbocycles. The number of aromatic nitrogens is 2. The van der Waals surface area contributed by atoms with Crippen molar-refractivity contribution in [3.05, 3.63) is 16.4 Å². The summed E-state index contributed by atoms with van der Waals surface area (Å²) in [5.41, 5.74) is -0.497. The number of aromatic amines is 1. The van der Waals surface area contributed by atoms with Gasteiger partial charge in [-0.1, -0.05) is 11.6 Å². The lowest BCUT2D eigenvalue weighted by Crippen LogP contribution is -2.52. The van der Waals surface area contributed by atoms with Crippen molar-refractivity contribution in [3.63, 3.8) is 0 Å². The summed E-state index contributed by atoms with van der Waals surface area (Å²) in [6.45, 7) is 5.59. The van der Waals surface area contributed by atoms with Crippen LogP contribution in [0.25, 0.3) is 0 Å². The van der Waals surface area contributed by atoms with Crippen molar-refractivity contribution in [3.8, 4) is 0 Å². The molecule has 2 rings (SSSR count). The summed E-state index contributed by atoms with van der Waals surface area (Å²) in [5.74, 6) is -0.261. The van der Waals surface area contributed by atoms with Gasteiger partial charge in [0.05, 0.1) is 0 Å². The molecule has 1 aliphatic carbocycles. The second-order valence-corrected chi connectivity index (χ2v) is 5.91. The van der Waals surface area contributed by atoms with Crippen LogP contribution in [0.3, 0.4) is 0 Å². The van der Waals surface area contributed by atoms with Gasteiger partial charge in [0.2, 0.25) is 0 Å². The zero-order valence-electron chi connectivity index (χ0n) is 11.3. The van der Waals surface area contributed by atoms with Crippen molar-refractivity contribution >= 4 is 6.09 Å². The number of hydrogen-bond donors (Lipinski definition) is 2. The highest BCUT2D eigenvalue weighted by Gasteiger charge is 2.42. The van der Waals surface area contributed by atoms with Crippen LogP contribution in [0.2, 0.25) is 0 Å². The third kappa shape index (κ3) is 2.64. The molecule has 1 fully saturated rings. The van der Waals surface area contributed by atoms with Crippen molar-refractivity contribution in [2.75, 3.05) is 0 Å². The molecule has 1 heterocycles. The quantitative estimate of drug-likeness (QED) is 0.852. The molecule has 2 atom stereocenters. The number of nitrogens with one attached hydrogen (secondary N) is 1. The molecule has 106 valence electrons. The van der Waals surface area contributed by atoms with Crippen LogP contribution in [0, 0.1) is 0 Å². The minimum absolute atomic E-state index is 0.109. The minimum Gasteiger partial charge on any atom is -0.465 e. The summed E-state index contributed by atoms with van der Waals surface area (Å²) in [7, 11) is 0. The first-order chi connectivity index (χ1) is 8.80. The Morgan fingerprint density at radius 3 is 2.63 bits per heavy atom. The highest BCUT2D eigenvalue weighted by Crippen LogP contribution is 2.38. The van der Waals surface area contributed by atoms with Crippen LogP contribution in [0.5, 0.6) is 0 Å². The first-order valence-corrected chi connectivity index (χ1v) is 6.39. The van der Waals surface area contributed by atoms with Gasteiger partial charge in [-0.05, 0) is 33.6 Å². The monoisotopic (exact) mass is 269 g/mol. The molecule has 1 aliphatic rings. The highest BCUT2D eigenvalue weighted by atomic mass is 16.5. The van der Waals surface area contributed by atoms with E-state index >= 15 is 0 Å². The summed E-state index contributed by atoms with van der Waals surface area (Å²) < 4.78 is 4.52. The van der Waals surface area contributed by atoms with E-state index in [1.165, 1.54) is 4.90 Å². The van der Waals surface area contributed by atoms with Crippen molar-refractivity contribution in [1.82, 2.24) is 15.0 Å². The first kappa shape index (κ1) is 13.6. The number of nitrogens with zero attached hydrogens (tertiary/aromatic N) is 2. The summed E-state index contributed by atoms with van der Waals surface area (Å²) in [6, 6.07) is -0.182. The highest BCUT2D eigenvalue weighted by molar-refractivity contribution is 5.66. The molecule has 1 aromatic rings. The predicted molar refractivity (Wildman–Crippen MR) is 67.1 cm³/mol. The molecule has 19 heavy (non-hydrogen) atoms. The van der Waals surface area contributed by atoms with Gasteiger partial charge in [0.25, 0.3) is 0 Å².